The van der Waals surface area contributed by atoms with E-state index in [0.29, 0.717) is 11.7 Å². The van der Waals surface area contributed by atoms with Crippen LogP contribution in [0.25, 0.3) is 15.9 Å². The van der Waals surface area contributed by atoms with Crippen molar-refractivity contribution in [1.82, 2.24) is 24.6 Å². The largest absolute Gasteiger partial charge is 0.309 e. The zero-order valence-electron chi connectivity index (χ0n) is 15.1. The predicted octanol–water partition coefficient (Wildman–Crippen LogP) is 4.01. The molecule has 8 heteroatoms. The Kier molecular flexibility index (Phi) is 4.05. The summed E-state index contributed by atoms with van der Waals surface area (Å²) in [5.74, 6) is 1.37. The summed E-state index contributed by atoms with van der Waals surface area (Å²) in [6.07, 6.45) is 5.13. The van der Waals surface area contributed by atoms with E-state index in [2.05, 4.69) is 22.1 Å². The van der Waals surface area contributed by atoms with Gasteiger partial charge in [0.05, 0.1) is 10.6 Å². The zero-order chi connectivity index (χ0) is 18.5. The number of nitrogens with zero attached hydrogens (tertiary/aromatic N) is 4. The van der Waals surface area contributed by atoms with Gasteiger partial charge in [0, 0.05) is 11.1 Å². The van der Waals surface area contributed by atoms with E-state index in [1.807, 2.05) is 35.7 Å². The van der Waals surface area contributed by atoms with Gasteiger partial charge in [-0.05, 0) is 49.8 Å². The number of aromatic amines is 1. The molecule has 4 heterocycles. The van der Waals surface area contributed by atoms with Crippen LogP contribution in [0.5, 0.6) is 0 Å². The first kappa shape index (κ1) is 16.9. The van der Waals surface area contributed by atoms with Crippen LogP contribution < -0.4 is 5.56 Å². The second-order valence-corrected chi connectivity index (χ2v) is 9.55. The number of thioether (sulfide) groups is 1. The van der Waals surface area contributed by atoms with Crippen LogP contribution in [0, 0.1) is 5.92 Å². The normalized spacial score (nSPS) is 18.1. The molecule has 1 aliphatic carbocycles. The molecule has 4 aromatic heterocycles. The maximum Gasteiger partial charge on any atom is 0.259 e. The number of thiophene rings is 1. The van der Waals surface area contributed by atoms with Crippen molar-refractivity contribution < 1.29 is 0 Å². The summed E-state index contributed by atoms with van der Waals surface area (Å²) < 4.78 is 1.95. The standard InChI is InChI=1S/C19H19N5OS2/c1-10-6-7-12-13(9-10)27-18-15(12)17(25)20-16(21-18)11(2)26-19-23-22-14-5-3-4-8-24(14)19/h3-5,8,10-11H,6-7,9H2,1-2H3,(H,20,21,25)/t10-,11+/m0/s1. The molecule has 0 bridgehead atoms. The second-order valence-electron chi connectivity index (χ2n) is 7.15. The van der Waals surface area contributed by atoms with Crippen molar-refractivity contribution in [3.8, 4) is 0 Å². The number of aromatic nitrogens is 5. The number of hydrogen-bond acceptors (Lipinski definition) is 6. The fourth-order valence-electron chi connectivity index (χ4n) is 3.67. The number of rotatable bonds is 3. The van der Waals surface area contributed by atoms with Crippen LogP contribution in [0.15, 0.2) is 34.3 Å². The molecule has 5 rings (SSSR count). The van der Waals surface area contributed by atoms with Crippen LogP contribution in [0.2, 0.25) is 0 Å². The second kappa shape index (κ2) is 6.45. The molecule has 1 aliphatic rings. The van der Waals surface area contributed by atoms with Crippen molar-refractivity contribution in [3.63, 3.8) is 0 Å². The van der Waals surface area contributed by atoms with Crippen molar-refractivity contribution in [2.45, 2.75) is 43.5 Å². The lowest BCUT2D eigenvalue weighted by atomic mass is 9.89. The molecule has 27 heavy (non-hydrogen) atoms. The molecule has 0 spiro atoms. The molecule has 0 saturated carbocycles. The molecule has 0 amide bonds. The summed E-state index contributed by atoms with van der Waals surface area (Å²) in [5, 5.41) is 10.0. The Hall–Kier alpha value is -2.19. The summed E-state index contributed by atoms with van der Waals surface area (Å²) in [6.45, 7) is 4.31. The third-order valence-electron chi connectivity index (χ3n) is 5.13. The van der Waals surface area contributed by atoms with Gasteiger partial charge >= 0.3 is 0 Å². The van der Waals surface area contributed by atoms with Gasteiger partial charge in [-0.3, -0.25) is 9.20 Å². The molecule has 2 atom stereocenters. The average molecular weight is 398 g/mol. The molecule has 0 aliphatic heterocycles. The number of nitrogens with one attached hydrogen (secondary N) is 1. The Bertz CT molecular complexity index is 1210. The Morgan fingerprint density at radius 3 is 3.15 bits per heavy atom. The summed E-state index contributed by atoms with van der Waals surface area (Å²) in [6, 6.07) is 5.81. The SMILES string of the molecule is C[C@H]1CCc2c(sc3nc([C@@H](C)Sc4nnc5ccccn45)[nH]c(=O)c23)C1. The van der Waals surface area contributed by atoms with Crippen LogP contribution in [0.1, 0.15) is 41.8 Å². The number of aryl methyl sites for hydroxylation is 1. The smallest absolute Gasteiger partial charge is 0.259 e. The molecule has 1 N–H and O–H groups in total. The van der Waals surface area contributed by atoms with Gasteiger partial charge in [-0.15, -0.1) is 21.5 Å². The Labute approximate surface area is 164 Å². The molecule has 138 valence electrons. The molecule has 0 aromatic carbocycles. The highest BCUT2D eigenvalue weighted by Crippen LogP contribution is 2.37. The van der Waals surface area contributed by atoms with Crippen LogP contribution in [-0.4, -0.2) is 24.6 Å². The zero-order valence-corrected chi connectivity index (χ0v) is 16.7. The summed E-state index contributed by atoms with van der Waals surface area (Å²) >= 11 is 3.23. The van der Waals surface area contributed by atoms with Gasteiger partial charge in [0.25, 0.3) is 5.56 Å². The van der Waals surface area contributed by atoms with Gasteiger partial charge in [-0.25, -0.2) is 4.98 Å². The molecular formula is C19H19N5OS2. The van der Waals surface area contributed by atoms with E-state index in [4.69, 9.17) is 4.98 Å². The molecule has 0 fully saturated rings. The van der Waals surface area contributed by atoms with E-state index < -0.39 is 0 Å². The van der Waals surface area contributed by atoms with E-state index in [-0.39, 0.29) is 10.8 Å². The van der Waals surface area contributed by atoms with Gasteiger partial charge in [-0.2, -0.15) is 0 Å². The monoisotopic (exact) mass is 397 g/mol. The summed E-state index contributed by atoms with van der Waals surface area (Å²) in [5.41, 5.74) is 2.02. The first-order valence-electron chi connectivity index (χ1n) is 9.11. The minimum atomic E-state index is -0.0345. The molecule has 4 aromatic rings. The van der Waals surface area contributed by atoms with Crippen LogP contribution >= 0.6 is 23.1 Å². The highest BCUT2D eigenvalue weighted by molar-refractivity contribution is 7.99. The lowest BCUT2D eigenvalue weighted by molar-refractivity contribution is 0.509. The molecule has 6 nitrogen and oxygen atoms in total. The first-order valence-corrected chi connectivity index (χ1v) is 10.8. The maximum atomic E-state index is 12.8. The van der Waals surface area contributed by atoms with Crippen LogP contribution in [0.4, 0.5) is 0 Å². The number of fused-ring (bicyclic) bond motifs is 4. The van der Waals surface area contributed by atoms with Crippen molar-refractivity contribution in [2.24, 2.45) is 5.92 Å². The number of hydrogen-bond donors (Lipinski definition) is 1. The summed E-state index contributed by atoms with van der Waals surface area (Å²) in [7, 11) is 0. The lowest BCUT2D eigenvalue weighted by Crippen LogP contribution is -2.15. The van der Waals surface area contributed by atoms with Gasteiger partial charge in [0.1, 0.15) is 10.7 Å². The van der Waals surface area contributed by atoms with E-state index in [1.54, 1.807) is 23.1 Å². The molecule has 0 saturated heterocycles. The van der Waals surface area contributed by atoms with E-state index in [0.717, 1.165) is 40.3 Å². The quantitative estimate of drug-likeness (QED) is 0.529. The van der Waals surface area contributed by atoms with E-state index >= 15 is 0 Å². The van der Waals surface area contributed by atoms with Gasteiger partial charge in [-0.1, -0.05) is 24.8 Å². The molecular weight excluding hydrogens is 378 g/mol. The van der Waals surface area contributed by atoms with Crippen molar-refractivity contribution in [1.29, 1.82) is 0 Å². The molecule has 0 radical (unpaired) electrons. The van der Waals surface area contributed by atoms with Crippen LogP contribution in [-0.2, 0) is 12.8 Å². The maximum absolute atomic E-state index is 12.8. The fraction of sp³-hybridized carbons (Fsp3) is 0.368. The lowest BCUT2D eigenvalue weighted by Gasteiger charge is -2.17. The van der Waals surface area contributed by atoms with Crippen LogP contribution in [0.3, 0.4) is 0 Å². The third-order valence-corrected chi connectivity index (χ3v) is 7.35. The van der Waals surface area contributed by atoms with E-state index in [1.165, 1.54) is 10.4 Å². The van der Waals surface area contributed by atoms with Gasteiger partial charge in [0.2, 0.25) is 0 Å². The first-order chi connectivity index (χ1) is 13.1. The van der Waals surface area contributed by atoms with Crippen molar-refractivity contribution in [2.75, 3.05) is 0 Å². The van der Waals surface area contributed by atoms with Gasteiger partial charge < -0.3 is 4.98 Å². The predicted molar refractivity (Wildman–Crippen MR) is 109 cm³/mol. The van der Waals surface area contributed by atoms with Gasteiger partial charge in [0.15, 0.2) is 10.8 Å². The minimum Gasteiger partial charge on any atom is -0.309 e. The average Bonchev–Trinajstić information content (AvgIpc) is 3.22. The molecule has 0 unspecified atom stereocenters. The third kappa shape index (κ3) is 2.87. The minimum absolute atomic E-state index is 0.0133. The summed E-state index contributed by atoms with van der Waals surface area (Å²) in [4.78, 5) is 22.8. The topological polar surface area (TPSA) is 75.9 Å². The fourth-order valence-corrected chi connectivity index (χ4v) is 5.96. The van der Waals surface area contributed by atoms with Crippen molar-refractivity contribution in [3.05, 3.63) is 51.0 Å². The number of pyridine rings is 1. The van der Waals surface area contributed by atoms with E-state index in [9.17, 15) is 4.79 Å². The Balaban J connectivity index is 1.52. The highest BCUT2D eigenvalue weighted by atomic mass is 32.2. The Morgan fingerprint density at radius 2 is 2.26 bits per heavy atom. The Morgan fingerprint density at radius 1 is 1.37 bits per heavy atom. The number of H-pyrrole nitrogens is 1. The van der Waals surface area contributed by atoms with Crippen molar-refractivity contribution >= 4 is 39.0 Å². The highest BCUT2D eigenvalue weighted by Gasteiger charge is 2.24.